The lowest BCUT2D eigenvalue weighted by atomic mass is 10.0. The molecule has 2 heterocycles. The van der Waals surface area contributed by atoms with Crippen LogP contribution in [0.5, 0.6) is 0 Å². The Kier molecular flexibility index (Phi) is 8.03. The average Bonchev–Trinajstić information content (AvgIpc) is 3.28. The second kappa shape index (κ2) is 11.2. The number of nitrogens with two attached hydrogens (primary N) is 1. The van der Waals surface area contributed by atoms with Gasteiger partial charge in [-0.25, -0.2) is 32.0 Å². The Balaban J connectivity index is 0.000000517. The number of alkyl halides is 3. The van der Waals surface area contributed by atoms with Gasteiger partial charge in [0, 0.05) is 29.1 Å². The zero-order valence-electron chi connectivity index (χ0n) is 21.8. The van der Waals surface area contributed by atoms with E-state index in [2.05, 4.69) is 9.97 Å². The summed E-state index contributed by atoms with van der Waals surface area (Å²) >= 11 is 0. The van der Waals surface area contributed by atoms with E-state index in [0.717, 1.165) is 11.8 Å². The number of aliphatic carboxylic acids is 1. The first kappa shape index (κ1) is 30.1. The van der Waals surface area contributed by atoms with Crippen LogP contribution < -0.4 is 5.73 Å². The number of fused-ring (bicyclic) bond motifs is 1. The minimum atomic E-state index is -5.08. The number of benzene rings is 3. The third-order valence-corrected chi connectivity index (χ3v) is 7.16. The zero-order chi connectivity index (χ0) is 31.0. The van der Waals surface area contributed by atoms with Crippen molar-refractivity contribution in [1.82, 2.24) is 14.4 Å². The maximum Gasteiger partial charge on any atom is 0.490 e. The number of anilines is 1. The van der Waals surface area contributed by atoms with E-state index in [1.807, 2.05) is 6.92 Å². The zero-order valence-corrected chi connectivity index (χ0v) is 22.6. The number of carboxylic acids is 1. The van der Waals surface area contributed by atoms with Crippen LogP contribution in [-0.2, 0) is 14.6 Å². The molecule has 3 aromatic carbocycles. The number of carbonyl (C=O) groups is 1. The number of aromatic nitrogens is 3. The smallest absolute Gasteiger partial charge is 0.475 e. The van der Waals surface area contributed by atoms with Gasteiger partial charge < -0.3 is 10.8 Å². The maximum atomic E-state index is 14.9. The van der Waals surface area contributed by atoms with Crippen molar-refractivity contribution in [2.24, 2.45) is 0 Å². The molecular weight excluding hydrogens is 583 g/mol. The third-order valence-electron chi connectivity index (χ3n) is 6.05. The molecule has 0 saturated heterocycles. The predicted molar refractivity (Wildman–Crippen MR) is 145 cm³/mol. The van der Waals surface area contributed by atoms with Crippen molar-refractivity contribution < 1.29 is 40.3 Å². The number of carboxylic acid groups (broad SMARTS) is 1. The topological polar surface area (TPSA) is 128 Å². The summed E-state index contributed by atoms with van der Waals surface area (Å²) in [5.41, 5.74) is 9.11. The molecule has 3 N–H and O–H groups in total. The molecule has 0 amide bonds. The molecule has 2 aromatic heterocycles. The SMILES string of the molecule is Cc1ccc(S(C)(=O)=O)cc1-c1c(-c2ccccc2F)nc2c(N)nc(-c3ccccc3F)cn12.O=C(O)C(F)(F)F. The highest BCUT2D eigenvalue weighted by Crippen LogP contribution is 2.38. The standard InChI is InChI=1S/C26H20F2N4O2S.C2HF3O2/c1-15-11-12-16(35(2,33)34)13-19(15)24-23(18-8-4-6-10-21(18)28)31-26-25(29)30-22(14-32(24)26)17-7-3-5-9-20(17)27;3-2(4,5)1(6)7/h3-14H,1-2H3,(H2,29,30);(H,6,7). The van der Waals surface area contributed by atoms with Crippen molar-refractivity contribution in [3.8, 4) is 33.8 Å². The fraction of sp³-hybridized carbons (Fsp3) is 0.107. The summed E-state index contributed by atoms with van der Waals surface area (Å²) < 4.78 is 87.5. The van der Waals surface area contributed by atoms with Crippen molar-refractivity contribution in [2.75, 3.05) is 12.0 Å². The van der Waals surface area contributed by atoms with Gasteiger partial charge in [-0.05, 0) is 48.9 Å². The summed E-state index contributed by atoms with van der Waals surface area (Å²) in [7, 11) is -3.53. The van der Waals surface area contributed by atoms with Gasteiger partial charge >= 0.3 is 12.1 Å². The van der Waals surface area contributed by atoms with Gasteiger partial charge in [-0.3, -0.25) is 4.40 Å². The van der Waals surface area contributed by atoms with Gasteiger partial charge in [0.1, 0.15) is 17.3 Å². The normalized spacial score (nSPS) is 11.7. The first-order valence-electron chi connectivity index (χ1n) is 11.9. The van der Waals surface area contributed by atoms with Crippen LogP contribution in [0, 0.1) is 18.6 Å². The molecule has 0 aliphatic carbocycles. The molecule has 5 aromatic rings. The lowest BCUT2D eigenvalue weighted by molar-refractivity contribution is -0.192. The van der Waals surface area contributed by atoms with Crippen LogP contribution in [0.25, 0.3) is 39.4 Å². The highest BCUT2D eigenvalue weighted by Gasteiger charge is 2.38. The van der Waals surface area contributed by atoms with Crippen LogP contribution in [0.1, 0.15) is 5.56 Å². The van der Waals surface area contributed by atoms with Gasteiger partial charge in [-0.2, -0.15) is 13.2 Å². The Bertz CT molecular complexity index is 1940. The van der Waals surface area contributed by atoms with Gasteiger partial charge in [0.05, 0.1) is 16.3 Å². The number of rotatable bonds is 4. The van der Waals surface area contributed by atoms with E-state index in [4.69, 9.17) is 15.6 Å². The van der Waals surface area contributed by atoms with Crippen LogP contribution in [0.3, 0.4) is 0 Å². The lowest BCUT2D eigenvalue weighted by Gasteiger charge is -2.12. The van der Waals surface area contributed by atoms with E-state index >= 15 is 0 Å². The molecule has 0 spiro atoms. The summed E-state index contributed by atoms with van der Waals surface area (Å²) in [6.45, 7) is 1.81. The molecule has 0 unspecified atom stereocenters. The molecule has 0 aliphatic rings. The Hall–Kier alpha value is -4.85. The number of nitrogens with zero attached hydrogens (tertiary/aromatic N) is 3. The van der Waals surface area contributed by atoms with E-state index in [1.165, 1.54) is 24.3 Å². The predicted octanol–water partition coefficient (Wildman–Crippen LogP) is 5.94. The van der Waals surface area contributed by atoms with Crippen molar-refractivity contribution in [1.29, 1.82) is 0 Å². The number of sulfone groups is 1. The Morgan fingerprint density at radius 1 is 0.905 bits per heavy atom. The van der Waals surface area contributed by atoms with Crippen LogP contribution in [0.15, 0.2) is 77.8 Å². The Morgan fingerprint density at radius 3 is 1.98 bits per heavy atom. The molecule has 0 saturated carbocycles. The number of hydrogen-bond acceptors (Lipinski definition) is 6. The summed E-state index contributed by atoms with van der Waals surface area (Å²) in [6, 6.07) is 17.0. The highest BCUT2D eigenvalue weighted by molar-refractivity contribution is 7.90. The van der Waals surface area contributed by atoms with E-state index in [1.54, 1.807) is 53.1 Å². The molecule has 0 fully saturated rings. The first-order chi connectivity index (χ1) is 19.6. The van der Waals surface area contributed by atoms with E-state index in [0.29, 0.717) is 11.3 Å². The van der Waals surface area contributed by atoms with Crippen LogP contribution in [0.2, 0.25) is 0 Å². The summed E-state index contributed by atoms with van der Waals surface area (Å²) in [5, 5.41) is 7.12. The quantitative estimate of drug-likeness (QED) is 0.243. The van der Waals surface area contributed by atoms with Gasteiger partial charge in [0.15, 0.2) is 21.3 Å². The fourth-order valence-corrected chi connectivity index (χ4v) is 4.70. The van der Waals surface area contributed by atoms with E-state index in [9.17, 15) is 30.4 Å². The van der Waals surface area contributed by atoms with E-state index < -0.39 is 33.6 Å². The number of nitrogen functional groups attached to an aromatic ring is 1. The molecule has 218 valence electrons. The second-order valence-electron chi connectivity index (χ2n) is 9.03. The third kappa shape index (κ3) is 6.07. The molecular formula is C28H21F5N4O4S. The molecule has 0 radical (unpaired) electrons. The van der Waals surface area contributed by atoms with Crippen molar-refractivity contribution >= 4 is 27.3 Å². The summed E-state index contributed by atoms with van der Waals surface area (Å²) in [5.74, 6) is -3.72. The van der Waals surface area contributed by atoms with E-state index in [-0.39, 0.29) is 38.9 Å². The minimum absolute atomic E-state index is 0.0199. The van der Waals surface area contributed by atoms with Crippen molar-refractivity contribution in [3.63, 3.8) is 0 Å². The van der Waals surface area contributed by atoms with Crippen molar-refractivity contribution in [2.45, 2.75) is 18.0 Å². The Labute approximate surface area is 235 Å². The maximum absolute atomic E-state index is 14.9. The molecule has 0 aliphatic heterocycles. The number of aryl methyl sites for hydroxylation is 1. The molecule has 0 atom stereocenters. The summed E-state index contributed by atoms with van der Waals surface area (Å²) in [4.78, 5) is 17.9. The Morgan fingerprint density at radius 2 is 1.45 bits per heavy atom. The van der Waals surface area contributed by atoms with Crippen LogP contribution in [0.4, 0.5) is 27.8 Å². The molecule has 42 heavy (non-hydrogen) atoms. The molecule has 5 rings (SSSR count). The molecule has 8 nitrogen and oxygen atoms in total. The van der Waals surface area contributed by atoms with Gasteiger partial charge in [-0.15, -0.1) is 0 Å². The van der Waals surface area contributed by atoms with Crippen LogP contribution >= 0.6 is 0 Å². The summed E-state index contributed by atoms with van der Waals surface area (Å²) in [6.07, 6.45) is -2.39. The van der Waals surface area contributed by atoms with Gasteiger partial charge in [0.25, 0.3) is 0 Å². The lowest BCUT2D eigenvalue weighted by Crippen LogP contribution is -2.21. The first-order valence-corrected chi connectivity index (χ1v) is 13.8. The average molecular weight is 605 g/mol. The number of halogens is 5. The fourth-order valence-electron chi connectivity index (χ4n) is 4.05. The molecule has 0 bridgehead atoms. The second-order valence-corrected chi connectivity index (χ2v) is 11.0. The molecule has 14 heteroatoms. The highest BCUT2D eigenvalue weighted by atomic mass is 32.2. The number of hydrogen-bond donors (Lipinski definition) is 2. The monoisotopic (exact) mass is 604 g/mol. The largest absolute Gasteiger partial charge is 0.490 e. The van der Waals surface area contributed by atoms with Crippen LogP contribution in [-0.4, -0.2) is 46.3 Å². The van der Waals surface area contributed by atoms with Crippen molar-refractivity contribution in [3.05, 3.63) is 90.1 Å². The van der Waals surface area contributed by atoms with Gasteiger partial charge in [0.2, 0.25) is 0 Å². The van der Waals surface area contributed by atoms with Gasteiger partial charge in [-0.1, -0.05) is 30.3 Å². The minimum Gasteiger partial charge on any atom is -0.475 e. The number of imidazole rings is 1.